The largest absolute Gasteiger partial charge is 0.349 e. The highest BCUT2D eigenvalue weighted by molar-refractivity contribution is 14.1. The van der Waals surface area contributed by atoms with Crippen LogP contribution in [-0.2, 0) is 0 Å². The first kappa shape index (κ1) is 11.8. The second-order valence-corrected chi connectivity index (χ2v) is 5.32. The maximum Gasteiger partial charge on any atom is 0.254 e. The Hall–Kier alpha value is -0.650. The van der Waals surface area contributed by atoms with Crippen LogP contribution in [0.3, 0.4) is 0 Å². The third-order valence-electron chi connectivity index (χ3n) is 2.86. The van der Waals surface area contributed by atoms with Crippen molar-refractivity contribution in [2.75, 3.05) is 0 Å². The van der Waals surface area contributed by atoms with Crippen molar-refractivity contribution in [1.82, 2.24) is 5.32 Å². The molecular formula is C12H13FINO. The molecule has 2 rings (SSSR count). The number of carbonyl (C=O) groups is 1. The van der Waals surface area contributed by atoms with Crippen molar-refractivity contribution in [3.05, 3.63) is 33.1 Å². The van der Waals surface area contributed by atoms with Gasteiger partial charge in [0.15, 0.2) is 0 Å². The molecule has 0 atom stereocenters. The van der Waals surface area contributed by atoms with Gasteiger partial charge >= 0.3 is 0 Å². The Balaban J connectivity index is 2.10. The van der Waals surface area contributed by atoms with Crippen molar-refractivity contribution >= 4 is 28.5 Å². The van der Waals surface area contributed by atoms with Crippen LogP contribution in [0.1, 0.15) is 36.0 Å². The number of halogens is 2. The molecule has 1 aliphatic carbocycles. The first-order chi connectivity index (χ1) is 7.66. The number of hydrogen-bond donors (Lipinski definition) is 1. The van der Waals surface area contributed by atoms with Crippen molar-refractivity contribution in [3.63, 3.8) is 0 Å². The molecule has 0 bridgehead atoms. The molecule has 86 valence electrons. The molecule has 0 spiro atoms. The molecule has 0 radical (unpaired) electrons. The summed E-state index contributed by atoms with van der Waals surface area (Å²) in [7, 11) is 0. The maximum absolute atomic E-state index is 13.4. The smallest absolute Gasteiger partial charge is 0.254 e. The minimum absolute atomic E-state index is 0.152. The van der Waals surface area contributed by atoms with E-state index in [1.165, 1.54) is 6.07 Å². The molecule has 4 heteroatoms. The Kier molecular flexibility index (Phi) is 3.78. The Morgan fingerprint density at radius 2 is 2.06 bits per heavy atom. The van der Waals surface area contributed by atoms with Crippen LogP contribution in [0.25, 0.3) is 0 Å². The molecule has 1 aliphatic rings. The van der Waals surface area contributed by atoms with E-state index in [0.717, 1.165) is 29.3 Å². The molecule has 0 saturated heterocycles. The van der Waals surface area contributed by atoms with Gasteiger partial charge in [0.1, 0.15) is 5.82 Å². The zero-order valence-electron chi connectivity index (χ0n) is 8.80. The molecule has 1 saturated carbocycles. The van der Waals surface area contributed by atoms with E-state index in [9.17, 15) is 9.18 Å². The fraction of sp³-hybridized carbons (Fsp3) is 0.417. The van der Waals surface area contributed by atoms with Gasteiger partial charge in [-0.25, -0.2) is 4.39 Å². The quantitative estimate of drug-likeness (QED) is 0.828. The second kappa shape index (κ2) is 5.12. The monoisotopic (exact) mass is 333 g/mol. The SMILES string of the molecule is O=C(NC1CCCC1)c1cc(I)ccc1F. The van der Waals surface area contributed by atoms with Crippen molar-refractivity contribution in [1.29, 1.82) is 0 Å². The summed E-state index contributed by atoms with van der Waals surface area (Å²) in [5.41, 5.74) is 0.152. The Morgan fingerprint density at radius 3 is 2.75 bits per heavy atom. The molecule has 1 fully saturated rings. The molecule has 1 amide bonds. The molecule has 1 aromatic rings. The van der Waals surface area contributed by atoms with E-state index in [-0.39, 0.29) is 17.5 Å². The fourth-order valence-corrected chi connectivity index (χ4v) is 2.50. The number of hydrogen-bond acceptors (Lipinski definition) is 1. The lowest BCUT2D eigenvalue weighted by molar-refractivity contribution is 0.0933. The summed E-state index contributed by atoms with van der Waals surface area (Å²) in [5.74, 6) is -0.737. The molecule has 1 N–H and O–H groups in total. The van der Waals surface area contributed by atoms with Crippen molar-refractivity contribution in [2.45, 2.75) is 31.7 Å². The molecule has 0 aromatic heterocycles. The Bertz CT molecular complexity index is 402. The minimum atomic E-state index is -0.448. The van der Waals surface area contributed by atoms with E-state index < -0.39 is 5.82 Å². The van der Waals surface area contributed by atoms with Crippen molar-refractivity contribution in [3.8, 4) is 0 Å². The van der Waals surface area contributed by atoms with E-state index >= 15 is 0 Å². The van der Waals surface area contributed by atoms with Gasteiger partial charge < -0.3 is 5.32 Å². The van der Waals surface area contributed by atoms with Crippen LogP contribution >= 0.6 is 22.6 Å². The van der Waals surface area contributed by atoms with Gasteiger partial charge in [0.25, 0.3) is 5.91 Å². The third-order valence-corrected chi connectivity index (χ3v) is 3.53. The standard InChI is InChI=1S/C12H13FINO/c13-11-6-5-8(14)7-10(11)12(16)15-9-3-1-2-4-9/h5-7,9H,1-4H2,(H,15,16). The summed E-state index contributed by atoms with van der Waals surface area (Å²) in [6.07, 6.45) is 4.33. The molecule has 0 aliphatic heterocycles. The number of rotatable bonds is 2. The van der Waals surface area contributed by atoms with Gasteiger partial charge in [0.2, 0.25) is 0 Å². The van der Waals surface area contributed by atoms with Crippen LogP contribution in [0, 0.1) is 9.39 Å². The number of nitrogens with one attached hydrogen (secondary N) is 1. The summed E-state index contributed by atoms with van der Waals surface area (Å²) < 4.78 is 14.3. The van der Waals surface area contributed by atoms with Gasteiger partial charge in [-0.3, -0.25) is 4.79 Å². The highest BCUT2D eigenvalue weighted by Crippen LogP contribution is 2.19. The van der Waals surface area contributed by atoms with E-state index in [1.54, 1.807) is 12.1 Å². The van der Waals surface area contributed by atoms with Gasteiger partial charge in [0.05, 0.1) is 5.56 Å². The summed E-state index contributed by atoms with van der Waals surface area (Å²) >= 11 is 2.07. The first-order valence-corrected chi connectivity index (χ1v) is 6.50. The lowest BCUT2D eigenvalue weighted by Crippen LogP contribution is -2.33. The molecular weight excluding hydrogens is 320 g/mol. The fourth-order valence-electron chi connectivity index (χ4n) is 2.00. The summed E-state index contributed by atoms with van der Waals surface area (Å²) in [6.45, 7) is 0. The van der Waals surface area contributed by atoms with E-state index in [4.69, 9.17) is 0 Å². The maximum atomic E-state index is 13.4. The van der Waals surface area contributed by atoms with Crippen LogP contribution in [-0.4, -0.2) is 11.9 Å². The molecule has 1 aromatic carbocycles. The van der Waals surface area contributed by atoms with Crippen LogP contribution in [0.2, 0.25) is 0 Å². The van der Waals surface area contributed by atoms with Crippen molar-refractivity contribution in [2.24, 2.45) is 0 Å². The Labute approximate surface area is 108 Å². The summed E-state index contributed by atoms with van der Waals surface area (Å²) in [6, 6.07) is 4.80. The van der Waals surface area contributed by atoms with Crippen LogP contribution < -0.4 is 5.32 Å². The third kappa shape index (κ3) is 2.72. The molecule has 0 heterocycles. The van der Waals surface area contributed by atoms with E-state index in [2.05, 4.69) is 27.9 Å². The zero-order chi connectivity index (χ0) is 11.5. The molecule has 0 unspecified atom stereocenters. The highest BCUT2D eigenvalue weighted by Gasteiger charge is 2.19. The van der Waals surface area contributed by atoms with Crippen LogP contribution in [0.15, 0.2) is 18.2 Å². The van der Waals surface area contributed by atoms with E-state index in [0.29, 0.717) is 0 Å². The van der Waals surface area contributed by atoms with E-state index in [1.807, 2.05) is 0 Å². The normalized spacial score (nSPS) is 16.4. The van der Waals surface area contributed by atoms with Crippen LogP contribution in [0.5, 0.6) is 0 Å². The highest BCUT2D eigenvalue weighted by atomic mass is 127. The van der Waals surface area contributed by atoms with Gasteiger partial charge in [-0.2, -0.15) is 0 Å². The molecule has 16 heavy (non-hydrogen) atoms. The first-order valence-electron chi connectivity index (χ1n) is 5.43. The Morgan fingerprint density at radius 1 is 1.38 bits per heavy atom. The summed E-state index contributed by atoms with van der Waals surface area (Å²) in [5, 5.41) is 2.88. The van der Waals surface area contributed by atoms with Gasteiger partial charge in [-0.1, -0.05) is 12.8 Å². The number of carbonyl (C=O) groups excluding carboxylic acids is 1. The topological polar surface area (TPSA) is 29.1 Å². The van der Waals surface area contributed by atoms with Gasteiger partial charge in [0, 0.05) is 9.61 Å². The second-order valence-electron chi connectivity index (χ2n) is 4.08. The predicted octanol–water partition coefficient (Wildman–Crippen LogP) is 3.10. The summed E-state index contributed by atoms with van der Waals surface area (Å²) in [4.78, 5) is 11.8. The zero-order valence-corrected chi connectivity index (χ0v) is 11.0. The van der Waals surface area contributed by atoms with Gasteiger partial charge in [-0.15, -0.1) is 0 Å². The van der Waals surface area contributed by atoms with Gasteiger partial charge in [-0.05, 0) is 53.6 Å². The predicted molar refractivity (Wildman–Crippen MR) is 68.8 cm³/mol. The average molecular weight is 333 g/mol. The van der Waals surface area contributed by atoms with Crippen molar-refractivity contribution < 1.29 is 9.18 Å². The molecule has 2 nitrogen and oxygen atoms in total. The van der Waals surface area contributed by atoms with Crippen LogP contribution in [0.4, 0.5) is 4.39 Å². The lowest BCUT2D eigenvalue weighted by Gasteiger charge is -2.12. The minimum Gasteiger partial charge on any atom is -0.349 e. The lowest BCUT2D eigenvalue weighted by atomic mass is 10.1. The average Bonchev–Trinajstić information content (AvgIpc) is 2.74. The number of benzene rings is 1. The number of amides is 1.